The summed E-state index contributed by atoms with van der Waals surface area (Å²) >= 11 is 0. The SMILES string of the molecule is CC.CC.CCC.CCCC.Cc1ccccc1.c1ccc(Cc2cccc(-c3ccc4c(c3)c3ccccc3c3ccc5c6ccccc6oc5c34)c2)cc1. The zero-order chi connectivity index (χ0) is 40.3. The Morgan fingerprint density at radius 3 is 1.48 bits per heavy atom. The van der Waals surface area contributed by atoms with Crippen molar-refractivity contribution < 1.29 is 4.42 Å². The second-order valence-electron chi connectivity index (χ2n) is 13.5. The summed E-state index contributed by atoms with van der Waals surface area (Å²) in [6, 6.07) is 58.4. The minimum atomic E-state index is 0.930. The van der Waals surface area contributed by atoms with Gasteiger partial charge in [-0.3, -0.25) is 0 Å². The van der Waals surface area contributed by atoms with Crippen LogP contribution in [0.5, 0.6) is 0 Å². The Hall–Kier alpha value is -5.66. The summed E-state index contributed by atoms with van der Waals surface area (Å²) in [5.41, 5.74) is 8.35. The first-order chi connectivity index (χ1) is 27.6. The topological polar surface area (TPSA) is 13.1 Å². The van der Waals surface area contributed by atoms with E-state index in [9.17, 15) is 0 Å². The molecule has 9 rings (SSSR count). The molecule has 0 radical (unpaired) electrons. The van der Waals surface area contributed by atoms with Gasteiger partial charge in [0.2, 0.25) is 0 Å². The lowest BCUT2D eigenvalue weighted by molar-refractivity contribution is 0.673. The summed E-state index contributed by atoms with van der Waals surface area (Å²) in [5.74, 6) is 0. The Morgan fingerprint density at radius 2 is 0.875 bits per heavy atom. The molecule has 1 heteroatoms. The van der Waals surface area contributed by atoms with Gasteiger partial charge in [0, 0.05) is 16.2 Å². The number of furan rings is 1. The van der Waals surface area contributed by atoms with Gasteiger partial charge < -0.3 is 4.42 Å². The van der Waals surface area contributed by atoms with E-state index in [1.165, 1.54) is 84.8 Å². The molecule has 1 heterocycles. The predicted molar refractivity (Wildman–Crippen MR) is 251 cm³/mol. The monoisotopic (exact) mass is 738 g/mol. The second-order valence-corrected chi connectivity index (χ2v) is 13.5. The Labute approximate surface area is 337 Å². The first-order valence-corrected chi connectivity index (χ1v) is 20.9. The molecule has 0 aliphatic carbocycles. The summed E-state index contributed by atoms with van der Waals surface area (Å²) in [7, 11) is 0. The molecule has 0 spiro atoms. The number of rotatable bonds is 4. The molecular weight excluding hydrogens is 677 g/mol. The maximum Gasteiger partial charge on any atom is 0.143 e. The van der Waals surface area contributed by atoms with E-state index < -0.39 is 0 Å². The minimum absolute atomic E-state index is 0.930. The van der Waals surface area contributed by atoms with Gasteiger partial charge in [-0.05, 0) is 80.7 Å². The van der Waals surface area contributed by atoms with Crippen molar-refractivity contribution in [3.8, 4) is 11.1 Å². The van der Waals surface area contributed by atoms with Crippen molar-refractivity contribution in [2.45, 2.75) is 88.0 Å². The molecule has 0 fully saturated rings. The zero-order valence-corrected chi connectivity index (χ0v) is 35.3. The highest BCUT2D eigenvalue weighted by Crippen LogP contribution is 2.42. The second kappa shape index (κ2) is 22.7. The van der Waals surface area contributed by atoms with Crippen molar-refractivity contribution in [2.75, 3.05) is 0 Å². The van der Waals surface area contributed by atoms with E-state index in [1.807, 2.05) is 52.0 Å². The third kappa shape index (κ3) is 10.5. The fraction of sp³-hybridized carbons (Fsp3) is 0.236. The third-order valence-corrected chi connectivity index (χ3v) is 9.30. The van der Waals surface area contributed by atoms with Crippen molar-refractivity contribution in [1.29, 1.82) is 0 Å². The van der Waals surface area contributed by atoms with Crippen molar-refractivity contribution in [3.05, 3.63) is 180 Å². The highest BCUT2D eigenvalue weighted by molar-refractivity contribution is 6.32. The van der Waals surface area contributed by atoms with Crippen LogP contribution >= 0.6 is 0 Å². The summed E-state index contributed by atoms with van der Waals surface area (Å²) in [6.07, 6.45) is 4.82. The molecule has 1 nitrogen and oxygen atoms in total. The van der Waals surface area contributed by atoms with Crippen LogP contribution in [0.3, 0.4) is 0 Å². The molecule has 0 saturated heterocycles. The molecule has 1 aromatic heterocycles. The van der Waals surface area contributed by atoms with Gasteiger partial charge in [-0.15, -0.1) is 0 Å². The first kappa shape index (κ1) is 43.1. The van der Waals surface area contributed by atoms with Gasteiger partial charge in [0.15, 0.2) is 0 Å². The van der Waals surface area contributed by atoms with Gasteiger partial charge >= 0.3 is 0 Å². The van der Waals surface area contributed by atoms with Gasteiger partial charge in [-0.1, -0.05) is 226 Å². The Balaban J connectivity index is 0.000000327. The highest BCUT2D eigenvalue weighted by atomic mass is 16.3. The van der Waals surface area contributed by atoms with Crippen LogP contribution in [0.2, 0.25) is 0 Å². The fourth-order valence-corrected chi connectivity index (χ4v) is 6.63. The summed E-state index contributed by atoms with van der Waals surface area (Å²) < 4.78 is 6.51. The van der Waals surface area contributed by atoms with Crippen molar-refractivity contribution in [1.82, 2.24) is 0 Å². The molecular formula is C55H62O. The lowest BCUT2D eigenvalue weighted by Gasteiger charge is -2.13. The van der Waals surface area contributed by atoms with E-state index in [0.29, 0.717) is 0 Å². The van der Waals surface area contributed by atoms with E-state index in [0.717, 1.165) is 23.0 Å². The summed E-state index contributed by atoms with van der Waals surface area (Å²) in [5, 5.41) is 9.77. The Morgan fingerprint density at radius 1 is 0.393 bits per heavy atom. The molecule has 0 amide bonds. The first-order valence-electron chi connectivity index (χ1n) is 20.9. The zero-order valence-electron chi connectivity index (χ0n) is 35.3. The Kier molecular flexibility index (Phi) is 17.4. The molecule has 0 N–H and O–H groups in total. The van der Waals surface area contributed by atoms with E-state index >= 15 is 0 Å². The van der Waals surface area contributed by atoms with Gasteiger partial charge in [0.25, 0.3) is 0 Å². The van der Waals surface area contributed by atoms with Gasteiger partial charge in [-0.2, -0.15) is 0 Å². The highest BCUT2D eigenvalue weighted by Gasteiger charge is 2.16. The predicted octanol–water partition coefficient (Wildman–Crippen LogP) is 17.6. The van der Waals surface area contributed by atoms with Crippen LogP contribution < -0.4 is 0 Å². The number of para-hydroxylation sites is 1. The lowest BCUT2D eigenvalue weighted by atomic mass is 9.90. The average molecular weight is 739 g/mol. The molecule has 0 aliphatic heterocycles. The summed E-state index contributed by atoms with van der Waals surface area (Å²) in [6.45, 7) is 18.7. The number of fused-ring (bicyclic) bond motifs is 10. The van der Waals surface area contributed by atoms with E-state index in [4.69, 9.17) is 4.42 Å². The van der Waals surface area contributed by atoms with Gasteiger partial charge in [-0.25, -0.2) is 0 Å². The van der Waals surface area contributed by atoms with Crippen molar-refractivity contribution >= 4 is 54.3 Å². The number of hydrogen-bond donors (Lipinski definition) is 0. The van der Waals surface area contributed by atoms with Crippen LogP contribution in [0.4, 0.5) is 0 Å². The van der Waals surface area contributed by atoms with Crippen LogP contribution in [-0.4, -0.2) is 0 Å². The van der Waals surface area contributed by atoms with Crippen LogP contribution in [0.25, 0.3) is 65.4 Å². The molecule has 0 atom stereocenters. The molecule has 288 valence electrons. The van der Waals surface area contributed by atoms with Crippen LogP contribution in [0, 0.1) is 6.92 Å². The van der Waals surface area contributed by atoms with Crippen molar-refractivity contribution in [3.63, 3.8) is 0 Å². The lowest BCUT2D eigenvalue weighted by Crippen LogP contribution is -1.89. The maximum absolute atomic E-state index is 6.51. The van der Waals surface area contributed by atoms with E-state index in [2.05, 4.69) is 174 Å². The molecule has 0 bridgehead atoms. The quantitative estimate of drug-likeness (QED) is 0.164. The smallest absolute Gasteiger partial charge is 0.143 e. The largest absolute Gasteiger partial charge is 0.455 e. The number of benzene rings is 8. The Bertz CT molecular complexity index is 2500. The van der Waals surface area contributed by atoms with Crippen molar-refractivity contribution in [2.24, 2.45) is 0 Å². The normalized spacial score (nSPS) is 10.2. The summed E-state index contributed by atoms with van der Waals surface area (Å²) in [4.78, 5) is 0. The van der Waals surface area contributed by atoms with Gasteiger partial charge in [0.05, 0.1) is 0 Å². The van der Waals surface area contributed by atoms with Crippen LogP contribution in [-0.2, 0) is 6.42 Å². The van der Waals surface area contributed by atoms with Crippen LogP contribution in [0.1, 0.15) is 91.3 Å². The standard InChI is InChI=1S/C37H24O.C7H8.C4H10.C3H8.2C2H6/c1-2-9-24(10-3-1)21-25-11-8-12-26(22-25)27-17-18-32-34(23-27)29-14-5-4-13-28(29)31-19-20-33-30-15-6-7-16-35(30)38-37(33)36(31)32;1-7-5-3-2-4-6-7;1-3-4-2;1-3-2;2*1-2/h1-20,22-23H,21H2;2-6H,1H3;3-4H2,1-2H3;3H2,1-2H3;2*1-2H3. The number of hydrogen-bond acceptors (Lipinski definition) is 1. The molecule has 0 saturated carbocycles. The molecule has 56 heavy (non-hydrogen) atoms. The minimum Gasteiger partial charge on any atom is -0.455 e. The number of unbranched alkanes of at least 4 members (excludes halogenated alkanes) is 1. The molecule has 8 aromatic carbocycles. The van der Waals surface area contributed by atoms with E-state index in [1.54, 1.807) is 0 Å². The average Bonchev–Trinajstić information content (AvgIpc) is 3.65. The maximum atomic E-state index is 6.51. The van der Waals surface area contributed by atoms with Gasteiger partial charge in [0.1, 0.15) is 11.2 Å². The molecule has 0 unspecified atom stereocenters. The van der Waals surface area contributed by atoms with Crippen LogP contribution in [0.15, 0.2) is 168 Å². The third-order valence-electron chi connectivity index (χ3n) is 9.30. The number of aryl methyl sites for hydroxylation is 1. The fourth-order valence-electron chi connectivity index (χ4n) is 6.63. The molecule has 0 aliphatic rings. The molecule has 9 aromatic rings. The van der Waals surface area contributed by atoms with E-state index in [-0.39, 0.29) is 0 Å².